The average Bonchev–Trinajstić information content (AvgIpc) is 3.63. The number of H-pyrrole nitrogens is 1. The molecule has 0 aromatic carbocycles. The number of aliphatic imine (C=N–C) groups is 1. The van der Waals surface area contributed by atoms with Crippen LogP contribution in [0.1, 0.15) is 85.2 Å². The van der Waals surface area contributed by atoms with Crippen molar-refractivity contribution in [3.8, 4) is 0 Å². The number of primary amides is 2. The standard InChI is InChI=1S/C12H16N6O2.C8H13NO.C4H5N5O/c13-10(19)9-11-15-16-18(12(20)17(11)7-14-9)6-8-4-2-1-3-5-8;10-7-9-6-8-4-2-1-3-5-8;5-3(10)2-4(9-6)8-1-7-2/h7-8H,1-6H2,(H2,13,19);8H,1-6H2;1,6H,(H2,5,10)(H,7,8). The van der Waals surface area contributed by atoms with Crippen LogP contribution in [-0.4, -0.2) is 58.8 Å². The number of carbonyl (C=O) groups is 2. The van der Waals surface area contributed by atoms with Gasteiger partial charge in [-0.3, -0.25) is 9.59 Å². The van der Waals surface area contributed by atoms with Crippen LogP contribution in [0, 0.1) is 17.4 Å². The van der Waals surface area contributed by atoms with Crippen LogP contribution in [0.4, 0.5) is 5.82 Å². The number of fused-ring (bicyclic) bond motifs is 1. The van der Waals surface area contributed by atoms with Crippen molar-refractivity contribution in [3.63, 3.8) is 0 Å². The van der Waals surface area contributed by atoms with Gasteiger partial charge >= 0.3 is 5.69 Å². The molecule has 2 aliphatic rings. The molecular formula is C24H34N12O4. The Morgan fingerprint density at radius 3 is 2.23 bits per heavy atom. The third kappa shape index (κ3) is 8.20. The second kappa shape index (κ2) is 15.1. The van der Waals surface area contributed by atoms with Crippen molar-refractivity contribution in [2.45, 2.75) is 70.8 Å². The minimum Gasteiger partial charge on any atom is -0.364 e. The number of hydrogen-bond donors (Lipinski definition) is 4. The van der Waals surface area contributed by atoms with Crippen molar-refractivity contribution in [1.29, 1.82) is 5.53 Å². The van der Waals surface area contributed by atoms with Gasteiger partial charge < -0.3 is 16.5 Å². The maximum atomic E-state index is 12.3. The van der Waals surface area contributed by atoms with Gasteiger partial charge in [-0.25, -0.2) is 34.5 Å². The van der Waals surface area contributed by atoms with Gasteiger partial charge in [-0.2, -0.15) is 4.68 Å². The molecule has 0 spiro atoms. The van der Waals surface area contributed by atoms with Crippen molar-refractivity contribution < 1.29 is 14.4 Å². The van der Waals surface area contributed by atoms with E-state index in [1.165, 1.54) is 73.1 Å². The summed E-state index contributed by atoms with van der Waals surface area (Å²) in [6.45, 7) is 1.27. The Hall–Kier alpha value is -4.59. The maximum absolute atomic E-state index is 12.3. The number of imidazole rings is 2. The Morgan fingerprint density at radius 1 is 1.02 bits per heavy atom. The molecule has 16 nitrogen and oxygen atoms in total. The van der Waals surface area contributed by atoms with Crippen molar-refractivity contribution in [2.75, 3.05) is 6.54 Å². The molecule has 2 amide bonds. The fraction of sp³-hybridized carbons (Fsp3) is 0.583. The second-order valence-electron chi connectivity index (χ2n) is 9.72. The van der Waals surface area contributed by atoms with Crippen molar-refractivity contribution in [2.24, 2.45) is 33.4 Å². The largest absolute Gasteiger partial charge is 0.364 e. The zero-order valence-corrected chi connectivity index (χ0v) is 22.2. The molecule has 6 N–H and O–H groups in total. The van der Waals surface area contributed by atoms with Crippen LogP contribution in [0.3, 0.4) is 0 Å². The second-order valence-corrected chi connectivity index (χ2v) is 9.72. The van der Waals surface area contributed by atoms with Gasteiger partial charge in [0.05, 0.1) is 19.4 Å². The lowest BCUT2D eigenvalue weighted by atomic mass is 9.89. The molecule has 3 aromatic rings. The zero-order chi connectivity index (χ0) is 28.9. The fourth-order valence-electron chi connectivity index (χ4n) is 4.83. The Labute approximate surface area is 229 Å². The first-order valence-electron chi connectivity index (χ1n) is 13.2. The Morgan fingerprint density at radius 2 is 1.68 bits per heavy atom. The predicted octanol–water partition coefficient (Wildman–Crippen LogP) is 2.04. The van der Waals surface area contributed by atoms with E-state index in [-0.39, 0.29) is 28.5 Å². The Balaban J connectivity index is 0.000000185. The monoisotopic (exact) mass is 554 g/mol. The third-order valence-electron chi connectivity index (χ3n) is 6.92. The molecular weight excluding hydrogens is 520 g/mol. The summed E-state index contributed by atoms with van der Waals surface area (Å²) in [7, 11) is 0. The van der Waals surface area contributed by atoms with Gasteiger partial charge in [0.25, 0.3) is 11.8 Å². The molecule has 2 saturated carbocycles. The van der Waals surface area contributed by atoms with E-state index in [4.69, 9.17) is 17.0 Å². The first-order chi connectivity index (χ1) is 19.3. The number of isocyanates is 1. The summed E-state index contributed by atoms with van der Waals surface area (Å²) in [5.41, 5.74) is 16.4. The first-order valence-corrected chi connectivity index (χ1v) is 13.2. The quantitative estimate of drug-likeness (QED) is 0.191. The van der Waals surface area contributed by atoms with E-state index in [0.717, 1.165) is 12.8 Å². The van der Waals surface area contributed by atoms with Crippen LogP contribution in [0.2, 0.25) is 0 Å². The first kappa shape index (κ1) is 30.0. The van der Waals surface area contributed by atoms with Gasteiger partial charge in [0, 0.05) is 0 Å². The molecule has 0 saturated heterocycles. The summed E-state index contributed by atoms with van der Waals surface area (Å²) in [5.74, 6) is -0.218. The molecule has 40 heavy (non-hydrogen) atoms. The Kier molecular flexibility index (Phi) is 11.3. The van der Waals surface area contributed by atoms with Gasteiger partial charge in [-0.15, -0.1) is 10.2 Å². The lowest BCUT2D eigenvalue weighted by Gasteiger charge is -2.21. The van der Waals surface area contributed by atoms with Gasteiger partial charge in [0.2, 0.25) is 11.9 Å². The molecule has 0 atom stereocenters. The molecule has 0 aliphatic heterocycles. The molecule has 2 fully saturated rings. The highest BCUT2D eigenvalue weighted by Crippen LogP contribution is 2.24. The normalized spacial score (nSPS) is 15.6. The van der Waals surface area contributed by atoms with E-state index in [1.54, 1.807) is 6.08 Å². The van der Waals surface area contributed by atoms with Gasteiger partial charge in [0.1, 0.15) is 6.33 Å². The van der Waals surface area contributed by atoms with Crippen LogP contribution in [0.5, 0.6) is 0 Å². The minimum atomic E-state index is -0.716. The number of nitrogens with two attached hydrogens (primary N) is 2. The van der Waals surface area contributed by atoms with Crippen LogP contribution < -0.4 is 17.2 Å². The van der Waals surface area contributed by atoms with Crippen molar-refractivity contribution in [1.82, 2.24) is 34.3 Å². The van der Waals surface area contributed by atoms with Crippen molar-refractivity contribution in [3.05, 3.63) is 34.5 Å². The van der Waals surface area contributed by atoms with E-state index in [9.17, 15) is 19.2 Å². The highest BCUT2D eigenvalue weighted by molar-refractivity contribution is 5.96. The van der Waals surface area contributed by atoms with E-state index in [2.05, 4.69) is 35.4 Å². The third-order valence-corrected chi connectivity index (χ3v) is 6.92. The number of aromatic nitrogens is 7. The summed E-state index contributed by atoms with van der Waals surface area (Å²) in [5, 5.41) is 10.8. The number of rotatable bonds is 7. The molecule has 0 unspecified atom stereocenters. The van der Waals surface area contributed by atoms with Gasteiger partial charge in [-0.1, -0.05) is 43.7 Å². The number of nitrogens with one attached hydrogen (secondary N) is 2. The van der Waals surface area contributed by atoms with Crippen LogP contribution in [-0.2, 0) is 11.3 Å². The minimum absolute atomic E-state index is 0.0208. The van der Waals surface area contributed by atoms with Crippen LogP contribution >= 0.6 is 0 Å². The maximum Gasteiger partial charge on any atom is 0.352 e. The molecule has 3 aromatic heterocycles. The zero-order valence-electron chi connectivity index (χ0n) is 22.2. The molecule has 0 bridgehead atoms. The highest BCUT2D eigenvalue weighted by Gasteiger charge is 2.19. The average molecular weight is 555 g/mol. The van der Waals surface area contributed by atoms with Crippen LogP contribution in [0.15, 0.2) is 27.6 Å². The molecule has 3 heterocycles. The number of amides is 2. The predicted molar refractivity (Wildman–Crippen MR) is 142 cm³/mol. The van der Waals surface area contributed by atoms with E-state index in [0.29, 0.717) is 24.9 Å². The molecule has 16 heteroatoms. The van der Waals surface area contributed by atoms with E-state index >= 15 is 0 Å². The number of nitrogens with zero attached hydrogens (tertiary/aromatic N) is 8. The van der Waals surface area contributed by atoms with E-state index < -0.39 is 11.8 Å². The highest BCUT2D eigenvalue weighted by atomic mass is 16.2. The molecule has 5 rings (SSSR count). The lowest BCUT2D eigenvalue weighted by Crippen LogP contribution is -2.32. The summed E-state index contributed by atoms with van der Waals surface area (Å²) < 4.78 is 2.56. The van der Waals surface area contributed by atoms with E-state index in [1.807, 2.05) is 0 Å². The smallest absolute Gasteiger partial charge is 0.352 e. The van der Waals surface area contributed by atoms with Gasteiger partial charge in [-0.05, 0) is 37.5 Å². The number of carbonyl (C=O) groups excluding carboxylic acids is 3. The summed E-state index contributed by atoms with van der Waals surface area (Å²) >= 11 is 0. The van der Waals surface area contributed by atoms with Crippen molar-refractivity contribution >= 4 is 29.4 Å². The fourth-order valence-corrected chi connectivity index (χ4v) is 4.83. The number of aromatic amines is 1. The Bertz CT molecular complexity index is 1390. The molecule has 0 radical (unpaired) electrons. The molecule has 2 aliphatic carbocycles. The SMILES string of the molecule is N=Nc1nc[nH]c1C(N)=O.NC(=O)c1ncn2c(=O)n(CC3CCCCC3)nnc12.O=C=NCC1CCCCC1. The number of hydrogen-bond acceptors (Lipinski definition) is 11. The van der Waals surface area contributed by atoms with Gasteiger partial charge in [0.15, 0.2) is 17.0 Å². The lowest BCUT2D eigenvalue weighted by molar-refractivity contribution is 0.0988. The summed E-state index contributed by atoms with van der Waals surface area (Å²) in [4.78, 5) is 57.0. The summed E-state index contributed by atoms with van der Waals surface area (Å²) in [6.07, 6.45) is 16.5. The van der Waals surface area contributed by atoms with Crippen LogP contribution in [0.25, 0.3) is 5.65 Å². The summed E-state index contributed by atoms with van der Waals surface area (Å²) in [6, 6.07) is 0. The topological polar surface area (TPSA) is 246 Å². The molecule has 214 valence electrons.